The maximum Gasteiger partial charge on any atom is 0.00975 e. The second-order valence-electron chi connectivity index (χ2n) is 4.87. The Kier molecular flexibility index (Phi) is 3.13. The Morgan fingerprint density at radius 2 is 2.08 bits per heavy atom. The zero-order valence-electron chi connectivity index (χ0n) is 8.56. The minimum absolute atomic E-state index is 0.0108. The minimum Gasteiger partial charge on any atom is -0.326 e. The van der Waals surface area contributed by atoms with Gasteiger partial charge in [-0.2, -0.15) is 0 Å². The Hall–Kier alpha value is -0.0800. The van der Waals surface area contributed by atoms with E-state index in [1.54, 1.807) is 0 Å². The first-order valence-electron chi connectivity index (χ1n) is 5.01. The largest absolute Gasteiger partial charge is 0.326 e. The molecule has 2 unspecified atom stereocenters. The van der Waals surface area contributed by atoms with Gasteiger partial charge in [-0.3, -0.25) is 0 Å². The molecule has 3 N–H and O–H groups in total. The highest BCUT2D eigenvalue weighted by atomic mass is 15.0. The quantitative estimate of drug-likeness (QED) is 0.614. The monoisotopic (exact) mass is 170 g/mol. The van der Waals surface area contributed by atoms with E-state index in [-0.39, 0.29) is 5.54 Å². The van der Waals surface area contributed by atoms with Gasteiger partial charge in [-0.05, 0) is 45.6 Å². The van der Waals surface area contributed by atoms with Crippen molar-refractivity contribution in [3.8, 4) is 0 Å². The third-order valence-electron chi connectivity index (χ3n) is 2.51. The lowest BCUT2D eigenvalue weighted by molar-refractivity contribution is 0.446. The molecule has 0 radical (unpaired) electrons. The molecule has 2 heteroatoms. The first-order chi connectivity index (χ1) is 5.49. The second kappa shape index (κ2) is 3.75. The molecule has 2 atom stereocenters. The summed E-state index contributed by atoms with van der Waals surface area (Å²) < 4.78 is 0. The first-order valence-corrected chi connectivity index (χ1v) is 5.01. The summed E-state index contributed by atoms with van der Waals surface area (Å²) in [5, 5.41) is 3.52. The molecule has 0 heterocycles. The summed E-state index contributed by atoms with van der Waals surface area (Å²) in [4.78, 5) is 0. The molecule has 0 amide bonds. The van der Waals surface area contributed by atoms with E-state index in [2.05, 4.69) is 26.1 Å². The van der Waals surface area contributed by atoms with Crippen LogP contribution in [0.2, 0.25) is 0 Å². The van der Waals surface area contributed by atoms with E-state index in [0.717, 1.165) is 24.9 Å². The molecule has 1 saturated carbocycles. The summed E-state index contributed by atoms with van der Waals surface area (Å²) in [6.07, 6.45) is 3.68. The van der Waals surface area contributed by atoms with Gasteiger partial charge in [0.05, 0.1) is 0 Å². The van der Waals surface area contributed by atoms with Crippen LogP contribution in [0.25, 0.3) is 0 Å². The van der Waals surface area contributed by atoms with E-state index in [0.29, 0.717) is 0 Å². The fourth-order valence-corrected chi connectivity index (χ4v) is 1.44. The molecule has 1 fully saturated rings. The minimum atomic E-state index is 0.0108. The summed E-state index contributed by atoms with van der Waals surface area (Å²) in [6, 6.07) is 0.811. The number of nitrogens with two attached hydrogens (primary N) is 1. The molecule has 0 saturated heterocycles. The van der Waals surface area contributed by atoms with Crippen molar-refractivity contribution >= 4 is 0 Å². The van der Waals surface area contributed by atoms with Crippen LogP contribution >= 0.6 is 0 Å². The van der Waals surface area contributed by atoms with E-state index in [9.17, 15) is 0 Å². The lowest BCUT2D eigenvalue weighted by atomic mass is 10.0. The van der Waals surface area contributed by atoms with Crippen molar-refractivity contribution in [2.75, 3.05) is 6.54 Å². The van der Waals surface area contributed by atoms with Crippen LogP contribution in [0.4, 0.5) is 0 Å². The summed E-state index contributed by atoms with van der Waals surface area (Å²) in [7, 11) is 0. The molecule has 72 valence electrons. The van der Waals surface area contributed by atoms with Crippen molar-refractivity contribution in [2.24, 2.45) is 11.7 Å². The van der Waals surface area contributed by atoms with Crippen LogP contribution in [-0.4, -0.2) is 18.1 Å². The van der Waals surface area contributed by atoms with E-state index in [1.165, 1.54) is 12.8 Å². The number of nitrogens with one attached hydrogen (secondary N) is 1. The van der Waals surface area contributed by atoms with Crippen LogP contribution in [0.3, 0.4) is 0 Å². The SMILES string of the molecule is CC1CC1NCCCC(C)(C)N. The molecule has 1 aliphatic rings. The van der Waals surface area contributed by atoms with Crippen molar-refractivity contribution < 1.29 is 0 Å². The number of rotatable bonds is 5. The van der Waals surface area contributed by atoms with Crippen LogP contribution in [0, 0.1) is 5.92 Å². The smallest absolute Gasteiger partial charge is 0.00975 e. The zero-order chi connectivity index (χ0) is 9.19. The molecular weight excluding hydrogens is 148 g/mol. The van der Waals surface area contributed by atoms with Gasteiger partial charge in [0.1, 0.15) is 0 Å². The normalized spacial score (nSPS) is 29.0. The van der Waals surface area contributed by atoms with Gasteiger partial charge in [0.25, 0.3) is 0 Å². The second-order valence-corrected chi connectivity index (χ2v) is 4.87. The molecule has 0 aromatic carbocycles. The van der Waals surface area contributed by atoms with Crippen molar-refractivity contribution in [2.45, 2.75) is 51.6 Å². The standard InChI is InChI=1S/C10H22N2/c1-8-7-9(8)12-6-4-5-10(2,3)11/h8-9,12H,4-7,11H2,1-3H3. The Morgan fingerprint density at radius 3 is 2.50 bits per heavy atom. The molecule has 0 bridgehead atoms. The summed E-state index contributed by atoms with van der Waals surface area (Å²) in [6.45, 7) is 7.61. The maximum atomic E-state index is 5.87. The zero-order valence-corrected chi connectivity index (χ0v) is 8.56. The van der Waals surface area contributed by atoms with Crippen LogP contribution in [0.15, 0.2) is 0 Å². The van der Waals surface area contributed by atoms with E-state index >= 15 is 0 Å². The van der Waals surface area contributed by atoms with Gasteiger partial charge in [0, 0.05) is 11.6 Å². The van der Waals surface area contributed by atoms with E-state index in [1.807, 2.05) is 0 Å². The van der Waals surface area contributed by atoms with Gasteiger partial charge >= 0.3 is 0 Å². The Bertz CT molecular complexity index is 137. The highest BCUT2D eigenvalue weighted by Crippen LogP contribution is 2.28. The highest BCUT2D eigenvalue weighted by molar-refractivity contribution is 4.89. The number of hydrogen-bond acceptors (Lipinski definition) is 2. The molecule has 1 aliphatic carbocycles. The molecular formula is C10H22N2. The molecule has 0 aliphatic heterocycles. The number of hydrogen-bond donors (Lipinski definition) is 2. The molecule has 0 aromatic heterocycles. The summed E-state index contributed by atoms with van der Waals surface area (Å²) >= 11 is 0. The predicted octanol–water partition coefficient (Wildman–Crippen LogP) is 1.50. The summed E-state index contributed by atoms with van der Waals surface area (Å²) in [5.74, 6) is 0.913. The molecule has 1 rings (SSSR count). The average molecular weight is 170 g/mol. The van der Waals surface area contributed by atoms with Gasteiger partial charge < -0.3 is 11.1 Å². The highest BCUT2D eigenvalue weighted by Gasteiger charge is 2.31. The first kappa shape index (κ1) is 10.0. The van der Waals surface area contributed by atoms with Gasteiger partial charge in [-0.15, -0.1) is 0 Å². The third-order valence-corrected chi connectivity index (χ3v) is 2.51. The van der Waals surface area contributed by atoms with Gasteiger partial charge in [0.15, 0.2) is 0 Å². The molecule has 0 aromatic rings. The van der Waals surface area contributed by atoms with E-state index < -0.39 is 0 Å². The van der Waals surface area contributed by atoms with Crippen molar-refractivity contribution in [3.05, 3.63) is 0 Å². The third kappa shape index (κ3) is 4.07. The lowest BCUT2D eigenvalue weighted by Crippen LogP contribution is -2.33. The summed E-state index contributed by atoms with van der Waals surface area (Å²) in [5.41, 5.74) is 5.88. The Morgan fingerprint density at radius 1 is 1.50 bits per heavy atom. The Balaban J connectivity index is 1.90. The van der Waals surface area contributed by atoms with Crippen molar-refractivity contribution in [3.63, 3.8) is 0 Å². The molecule has 0 spiro atoms. The lowest BCUT2D eigenvalue weighted by Gasteiger charge is -2.17. The van der Waals surface area contributed by atoms with Crippen LogP contribution < -0.4 is 11.1 Å². The fourth-order valence-electron chi connectivity index (χ4n) is 1.44. The van der Waals surface area contributed by atoms with Gasteiger partial charge in [-0.25, -0.2) is 0 Å². The Labute approximate surface area is 75.9 Å². The average Bonchev–Trinajstić information content (AvgIpc) is 2.57. The molecule has 12 heavy (non-hydrogen) atoms. The topological polar surface area (TPSA) is 38.0 Å². The van der Waals surface area contributed by atoms with E-state index in [4.69, 9.17) is 5.73 Å². The fraction of sp³-hybridized carbons (Fsp3) is 1.00. The maximum absolute atomic E-state index is 5.87. The van der Waals surface area contributed by atoms with Gasteiger partial charge in [-0.1, -0.05) is 6.92 Å². The van der Waals surface area contributed by atoms with Crippen LogP contribution in [0.1, 0.15) is 40.0 Å². The predicted molar refractivity (Wildman–Crippen MR) is 53.1 cm³/mol. The van der Waals surface area contributed by atoms with Crippen molar-refractivity contribution in [1.29, 1.82) is 0 Å². The van der Waals surface area contributed by atoms with Crippen molar-refractivity contribution in [1.82, 2.24) is 5.32 Å². The van der Waals surface area contributed by atoms with Crippen LogP contribution in [0.5, 0.6) is 0 Å². The molecule has 2 nitrogen and oxygen atoms in total. The van der Waals surface area contributed by atoms with Gasteiger partial charge in [0.2, 0.25) is 0 Å². The van der Waals surface area contributed by atoms with Crippen LogP contribution in [-0.2, 0) is 0 Å².